The summed E-state index contributed by atoms with van der Waals surface area (Å²) in [4.78, 5) is 19.0. The standard InChI is InChI=1S/C20H28Cl2N4O/c1-23-20(24-12-15-7-8-16(21)11-18(15)22)25-17-9-10-26(13-17)19(27)14-5-3-2-4-6-14/h7-8,11,14,17H,2-6,9-10,12-13H2,1H3,(H2,23,24,25). The van der Waals surface area contributed by atoms with Crippen LogP contribution in [0.4, 0.5) is 0 Å². The Balaban J connectivity index is 1.48. The third-order valence-electron chi connectivity index (χ3n) is 5.48. The van der Waals surface area contributed by atoms with E-state index in [4.69, 9.17) is 23.2 Å². The lowest BCUT2D eigenvalue weighted by Crippen LogP contribution is -2.45. The van der Waals surface area contributed by atoms with Crippen molar-refractivity contribution in [3.63, 3.8) is 0 Å². The smallest absolute Gasteiger partial charge is 0.225 e. The van der Waals surface area contributed by atoms with Gasteiger partial charge in [0, 0.05) is 48.7 Å². The predicted octanol–water partition coefficient (Wildman–Crippen LogP) is 3.84. The van der Waals surface area contributed by atoms with Crippen LogP contribution < -0.4 is 10.6 Å². The maximum atomic E-state index is 12.7. The minimum absolute atomic E-state index is 0.226. The molecule has 1 unspecified atom stereocenters. The van der Waals surface area contributed by atoms with Crippen LogP contribution in [-0.4, -0.2) is 42.9 Å². The zero-order chi connectivity index (χ0) is 19.2. The topological polar surface area (TPSA) is 56.7 Å². The van der Waals surface area contributed by atoms with Crippen LogP contribution in [0.2, 0.25) is 10.0 Å². The molecule has 2 aliphatic rings. The number of amides is 1. The number of likely N-dealkylation sites (tertiary alicyclic amines) is 1. The Morgan fingerprint density at radius 3 is 2.70 bits per heavy atom. The van der Waals surface area contributed by atoms with E-state index in [1.165, 1.54) is 19.3 Å². The van der Waals surface area contributed by atoms with Gasteiger partial charge in [-0.3, -0.25) is 9.79 Å². The summed E-state index contributed by atoms with van der Waals surface area (Å²) in [6.45, 7) is 2.14. The lowest BCUT2D eigenvalue weighted by molar-refractivity contribution is -0.135. The summed E-state index contributed by atoms with van der Waals surface area (Å²) in [7, 11) is 1.75. The Labute approximate surface area is 171 Å². The van der Waals surface area contributed by atoms with Crippen LogP contribution in [0.5, 0.6) is 0 Å². The molecule has 2 fully saturated rings. The largest absolute Gasteiger partial charge is 0.352 e. The van der Waals surface area contributed by atoms with Crippen LogP contribution >= 0.6 is 23.2 Å². The zero-order valence-electron chi connectivity index (χ0n) is 15.8. The van der Waals surface area contributed by atoms with Crippen LogP contribution in [0, 0.1) is 5.92 Å². The molecule has 1 saturated heterocycles. The van der Waals surface area contributed by atoms with E-state index in [1.807, 2.05) is 17.0 Å². The van der Waals surface area contributed by atoms with E-state index in [0.29, 0.717) is 22.5 Å². The molecule has 1 aromatic carbocycles. The minimum atomic E-state index is 0.226. The first-order chi connectivity index (χ1) is 13.1. The molecule has 5 nitrogen and oxygen atoms in total. The number of carbonyl (C=O) groups is 1. The molecule has 0 radical (unpaired) electrons. The number of benzene rings is 1. The SMILES string of the molecule is CN=C(NCc1ccc(Cl)cc1Cl)NC1CCN(C(=O)C2CCCCC2)C1. The highest BCUT2D eigenvalue weighted by atomic mass is 35.5. The molecule has 7 heteroatoms. The lowest BCUT2D eigenvalue weighted by Gasteiger charge is -2.26. The monoisotopic (exact) mass is 410 g/mol. The first-order valence-corrected chi connectivity index (χ1v) is 10.5. The molecule has 0 spiro atoms. The Morgan fingerprint density at radius 1 is 1.22 bits per heavy atom. The number of hydrogen-bond acceptors (Lipinski definition) is 2. The number of nitrogens with one attached hydrogen (secondary N) is 2. The molecular formula is C20H28Cl2N4O. The van der Waals surface area contributed by atoms with E-state index in [2.05, 4.69) is 15.6 Å². The number of aliphatic imine (C=N–C) groups is 1. The molecular weight excluding hydrogens is 383 g/mol. The molecule has 1 heterocycles. The van der Waals surface area contributed by atoms with Gasteiger partial charge in [-0.25, -0.2) is 0 Å². The normalized spacial score (nSPS) is 21.4. The summed E-state index contributed by atoms with van der Waals surface area (Å²) in [5, 5.41) is 7.98. The molecule has 1 aliphatic heterocycles. The first-order valence-electron chi connectivity index (χ1n) is 9.76. The van der Waals surface area contributed by atoms with Crippen molar-refractivity contribution < 1.29 is 4.79 Å². The van der Waals surface area contributed by atoms with Crippen LogP contribution in [0.25, 0.3) is 0 Å². The van der Waals surface area contributed by atoms with Crippen molar-refractivity contribution in [3.8, 4) is 0 Å². The number of rotatable bonds is 4. The highest BCUT2D eigenvalue weighted by molar-refractivity contribution is 6.35. The Bertz CT molecular complexity index is 689. The van der Waals surface area contributed by atoms with Crippen LogP contribution in [-0.2, 0) is 11.3 Å². The van der Waals surface area contributed by atoms with Crippen LogP contribution in [0.15, 0.2) is 23.2 Å². The van der Waals surface area contributed by atoms with E-state index < -0.39 is 0 Å². The van der Waals surface area contributed by atoms with Crippen molar-refractivity contribution >= 4 is 35.1 Å². The van der Waals surface area contributed by atoms with Crippen molar-refractivity contribution in [3.05, 3.63) is 33.8 Å². The molecule has 1 atom stereocenters. The van der Waals surface area contributed by atoms with Gasteiger partial charge in [-0.05, 0) is 37.0 Å². The third-order valence-corrected chi connectivity index (χ3v) is 6.07. The van der Waals surface area contributed by atoms with Gasteiger partial charge in [-0.1, -0.05) is 48.5 Å². The average molecular weight is 411 g/mol. The van der Waals surface area contributed by atoms with Gasteiger partial charge in [-0.15, -0.1) is 0 Å². The van der Waals surface area contributed by atoms with Crippen molar-refractivity contribution in [2.45, 2.75) is 51.1 Å². The van der Waals surface area contributed by atoms with E-state index in [1.54, 1.807) is 13.1 Å². The lowest BCUT2D eigenvalue weighted by atomic mass is 9.88. The number of nitrogens with zero attached hydrogens (tertiary/aromatic N) is 2. The maximum Gasteiger partial charge on any atom is 0.225 e. The number of guanidine groups is 1. The molecule has 0 aromatic heterocycles. The van der Waals surface area contributed by atoms with E-state index in [0.717, 1.165) is 43.9 Å². The molecule has 1 amide bonds. The van der Waals surface area contributed by atoms with Crippen molar-refractivity contribution in [1.82, 2.24) is 15.5 Å². The molecule has 2 N–H and O–H groups in total. The second-order valence-electron chi connectivity index (χ2n) is 7.41. The van der Waals surface area contributed by atoms with Gasteiger partial charge in [0.2, 0.25) is 5.91 Å². The zero-order valence-corrected chi connectivity index (χ0v) is 17.3. The van der Waals surface area contributed by atoms with Crippen LogP contribution in [0.1, 0.15) is 44.1 Å². The quantitative estimate of drug-likeness (QED) is 0.585. The van der Waals surface area contributed by atoms with E-state index in [9.17, 15) is 4.79 Å². The fourth-order valence-corrected chi connectivity index (χ4v) is 4.39. The summed E-state index contributed by atoms with van der Waals surface area (Å²) in [5.74, 6) is 1.30. The minimum Gasteiger partial charge on any atom is -0.352 e. The summed E-state index contributed by atoms with van der Waals surface area (Å²) in [6, 6.07) is 5.70. The molecule has 1 aromatic rings. The highest BCUT2D eigenvalue weighted by Gasteiger charge is 2.31. The molecule has 27 heavy (non-hydrogen) atoms. The van der Waals surface area contributed by atoms with Crippen molar-refractivity contribution in [2.75, 3.05) is 20.1 Å². The fraction of sp³-hybridized carbons (Fsp3) is 0.600. The molecule has 0 bridgehead atoms. The van der Waals surface area contributed by atoms with E-state index >= 15 is 0 Å². The summed E-state index contributed by atoms with van der Waals surface area (Å²) < 4.78 is 0. The van der Waals surface area contributed by atoms with Gasteiger partial charge in [0.05, 0.1) is 0 Å². The maximum absolute atomic E-state index is 12.7. The third kappa shape index (κ3) is 5.52. The fourth-order valence-electron chi connectivity index (χ4n) is 3.92. The van der Waals surface area contributed by atoms with Gasteiger partial charge in [-0.2, -0.15) is 0 Å². The average Bonchev–Trinajstić information content (AvgIpc) is 3.15. The van der Waals surface area contributed by atoms with E-state index in [-0.39, 0.29) is 12.0 Å². The predicted molar refractivity (Wildman–Crippen MR) is 111 cm³/mol. The molecule has 1 saturated carbocycles. The number of halogens is 2. The Kier molecular flexibility index (Phi) is 7.25. The van der Waals surface area contributed by atoms with Gasteiger partial charge in [0.15, 0.2) is 5.96 Å². The number of carbonyl (C=O) groups excluding carboxylic acids is 1. The van der Waals surface area contributed by atoms with Crippen molar-refractivity contribution in [2.24, 2.45) is 10.9 Å². The van der Waals surface area contributed by atoms with Crippen LogP contribution in [0.3, 0.4) is 0 Å². The first kappa shape index (κ1) is 20.3. The Morgan fingerprint density at radius 2 is 2.00 bits per heavy atom. The van der Waals surface area contributed by atoms with Crippen molar-refractivity contribution in [1.29, 1.82) is 0 Å². The second kappa shape index (κ2) is 9.65. The Hall–Kier alpha value is -1.46. The van der Waals surface area contributed by atoms with Gasteiger partial charge in [0.1, 0.15) is 0 Å². The summed E-state index contributed by atoms with van der Waals surface area (Å²) >= 11 is 12.2. The molecule has 148 valence electrons. The molecule has 1 aliphatic carbocycles. The van der Waals surface area contributed by atoms with Gasteiger partial charge < -0.3 is 15.5 Å². The van der Waals surface area contributed by atoms with Gasteiger partial charge >= 0.3 is 0 Å². The number of hydrogen-bond donors (Lipinski definition) is 2. The molecule has 3 rings (SSSR count). The second-order valence-corrected chi connectivity index (χ2v) is 8.25. The highest BCUT2D eigenvalue weighted by Crippen LogP contribution is 2.27. The summed E-state index contributed by atoms with van der Waals surface area (Å²) in [6.07, 6.45) is 6.71. The summed E-state index contributed by atoms with van der Waals surface area (Å²) in [5.41, 5.74) is 0.963. The van der Waals surface area contributed by atoms with Gasteiger partial charge in [0.25, 0.3) is 0 Å².